The molecule has 1 N–H and O–H groups in total. The number of nitrogens with zero attached hydrogens (tertiary/aromatic N) is 2. The van der Waals surface area contributed by atoms with Crippen LogP contribution >= 0.6 is 11.6 Å². The number of benzene rings is 1. The van der Waals surface area contributed by atoms with Crippen molar-refractivity contribution in [1.29, 1.82) is 0 Å². The largest absolute Gasteiger partial charge is 0.312 e. The molecule has 2 rings (SSSR count). The van der Waals surface area contributed by atoms with E-state index in [1.54, 1.807) is 0 Å². The second-order valence-electron chi connectivity index (χ2n) is 5.67. The van der Waals surface area contributed by atoms with Crippen LogP contribution in [0.15, 0.2) is 30.6 Å². The molecule has 1 heterocycles. The van der Waals surface area contributed by atoms with Crippen molar-refractivity contribution in [2.75, 3.05) is 6.54 Å². The van der Waals surface area contributed by atoms with Gasteiger partial charge < -0.3 is 5.32 Å². The summed E-state index contributed by atoms with van der Waals surface area (Å²) in [4.78, 5) is 0. The fourth-order valence-corrected chi connectivity index (χ4v) is 2.34. The van der Waals surface area contributed by atoms with Crippen LogP contribution in [-0.2, 0) is 13.1 Å². The predicted molar refractivity (Wildman–Crippen MR) is 84.1 cm³/mol. The standard InChI is InChI=1S/C16H22ClN3/c1-12(2)7-18-8-14-9-19-20(10-14)11-15-5-4-13(3)6-16(15)17/h4-6,9-10,12,18H,7-8,11H2,1-3H3. The minimum absolute atomic E-state index is 0.663. The summed E-state index contributed by atoms with van der Waals surface area (Å²) < 4.78 is 1.93. The van der Waals surface area contributed by atoms with E-state index in [9.17, 15) is 0 Å². The molecule has 0 unspecified atom stereocenters. The summed E-state index contributed by atoms with van der Waals surface area (Å²) >= 11 is 6.25. The van der Waals surface area contributed by atoms with E-state index in [2.05, 4.69) is 42.6 Å². The van der Waals surface area contributed by atoms with E-state index in [4.69, 9.17) is 11.6 Å². The molecule has 0 amide bonds. The van der Waals surface area contributed by atoms with Gasteiger partial charge in [-0.1, -0.05) is 37.6 Å². The Bertz CT molecular complexity index is 561. The molecule has 0 aliphatic rings. The molecule has 4 heteroatoms. The number of aryl methyl sites for hydroxylation is 1. The first kappa shape index (κ1) is 15.1. The first-order valence-corrected chi connectivity index (χ1v) is 7.39. The van der Waals surface area contributed by atoms with Crippen LogP contribution < -0.4 is 5.32 Å². The van der Waals surface area contributed by atoms with E-state index in [1.807, 2.05) is 23.9 Å². The summed E-state index contributed by atoms with van der Waals surface area (Å²) in [6.45, 7) is 9.05. The van der Waals surface area contributed by atoms with Gasteiger partial charge in [0.2, 0.25) is 0 Å². The zero-order chi connectivity index (χ0) is 14.5. The third-order valence-electron chi connectivity index (χ3n) is 3.11. The topological polar surface area (TPSA) is 29.9 Å². The van der Waals surface area contributed by atoms with Crippen LogP contribution in [0.1, 0.15) is 30.5 Å². The summed E-state index contributed by atoms with van der Waals surface area (Å²) in [5.74, 6) is 0.663. The summed E-state index contributed by atoms with van der Waals surface area (Å²) in [5.41, 5.74) is 3.48. The molecule has 0 aliphatic heterocycles. The molecule has 1 aromatic heterocycles. The van der Waals surface area contributed by atoms with Gasteiger partial charge in [-0.25, -0.2) is 0 Å². The van der Waals surface area contributed by atoms with Crippen molar-refractivity contribution >= 4 is 11.6 Å². The molecule has 0 aliphatic carbocycles. The van der Waals surface area contributed by atoms with Gasteiger partial charge >= 0.3 is 0 Å². The molecule has 108 valence electrons. The highest BCUT2D eigenvalue weighted by Crippen LogP contribution is 2.18. The molecule has 0 saturated carbocycles. The van der Waals surface area contributed by atoms with Gasteiger partial charge in [-0.05, 0) is 36.6 Å². The van der Waals surface area contributed by atoms with E-state index in [1.165, 1.54) is 11.1 Å². The molecule has 3 nitrogen and oxygen atoms in total. The fourth-order valence-electron chi connectivity index (χ4n) is 2.04. The quantitative estimate of drug-likeness (QED) is 0.880. The van der Waals surface area contributed by atoms with Crippen molar-refractivity contribution in [2.24, 2.45) is 5.92 Å². The van der Waals surface area contributed by atoms with Crippen LogP contribution in [0.4, 0.5) is 0 Å². The number of rotatable bonds is 6. The highest BCUT2D eigenvalue weighted by molar-refractivity contribution is 6.31. The van der Waals surface area contributed by atoms with E-state index in [0.29, 0.717) is 12.5 Å². The van der Waals surface area contributed by atoms with E-state index < -0.39 is 0 Å². The van der Waals surface area contributed by atoms with Crippen molar-refractivity contribution in [2.45, 2.75) is 33.9 Å². The Hall–Kier alpha value is -1.32. The Morgan fingerprint density at radius 1 is 1.35 bits per heavy atom. The van der Waals surface area contributed by atoms with E-state index >= 15 is 0 Å². The first-order chi connectivity index (χ1) is 9.54. The van der Waals surface area contributed by atoms with Crippen LogP contribution in [-0.4, -0.2) is 16.3 Å². The fraction of sp³-hybridized carbons (Fsp3) is 0.438. The van der Waals surface area contributed by atoms with Gasteiger partial charge in [0.05, 0.1) is 12.7 Å². The molecule has 1 aromatic carbocycles. The average Bonchev–Trinajstić information content (AvgIpc) is 2.80. The van der Waals surface area contributed by atoms with Crippen molar-refractivity contribution in [3.8, 4) is 0 Å². The summed E-state index contributed by atoms with van der Waals surface area (Å²) in [6, 6.07) is 6.14. The second-order valence-corrected chi connectivity index (χ2v) is 6.07. The average molecular weight is 292 g/mol. The lowest BCUT2D eigenvalue weighted by Crippen LogP contribution is -2.18. The number of nitrogens with one attached hydrogen (secondary N) is 1. The molecule has 0 bridgehead atoms. The molecular formula is C16H22ClN3. The number of halogens is 1. The number of aromatic nitrogens is 2. The maximum Gasteiger partial charge on any atom is 0.0674 e. The maximum atomic E-state index is 6.25. The van der Waals surface area contributed by atoms with E-state index in [0.717, 1.165) is 23.7 Å². The molecular weight excluding hydrogens is 270 g/mol. The first-order valence-electron chi connectivity index (χ1n) is 7.01. The minimum atomic E-state index is 0.663. The van der Waals surface area contributed by atoms with Crippen LogP contribution in [0, 0.1) is 12.8 Å². The van der Waals surface area contributed by atoms with Gasteiger partial charge in [0.25, 0.3) is 0 Å². The second kappa shape index (κ2) is 6.91. The SMILES string of the molecule is Cc1ccc(Cn2cc(CNCC(C)C)cn2)c(Cl)c1. The van der Waals surface area contributed by atoms with Gasteiger partial charge in [-0.15, -0.1) is 0 Å². The van der Waals surface area contributed by atoms with Gasteiger partial charge in [-0.2, -0.15) is 5.10 Å². The highest BCUT2D eigenvalue weighted by Gasteiger charge is 2.04. The van der Waals surface area contributed by atoms with Gasteiger partial charge in [-0.3, -0.25) is 4.68 Å². The van der Waals surface area contributed by atoms with Gasteiger partial charge in [0.15, 0.2) is 0 Å². The van der Waals surface area contributed by atoms with Crippen molar-refractivity contribution in [3.05, 3.63) is 52.3 Å². The smallest absolute Gasteiger partial charge is 0.0674 e. The molecule has 20 heavy (non-hydrogen) atoms. The molecule has 0 radical (unpaired) electrons. The molecule has 0 atom stereocenters. The monoisotopic (exact) mass is 291 g/mol. The normalized spacial score (nSPS) is 11.2. The Morgan fingerprint density at radius 3 is 2.85 bits per heavy atom. The lowest BCUT2D eigenvalue weighted by atomic mass is 10.1. The lowest BCUT2D eigenvalue weighted by molar-refractivity contribution is 0.552. The Morgan fingerprint density at radius 2 is 2.15 bits per heavy atom. The van der Waals surface area contributed by atoms with Crippen LogP contribution in [0.25, 0.3) is 0 Å². The third kappa shape index (κ3) is 4.36. The Kier molecular flexibility index (Phi) is 5.21. The Labute approximate surface area is 126 Å². The summed E-state index contributed by atoms with van der Waals surface area (Å²) in [7, 11) is 0. The maximum absolute atomic E-state index is 6.25. The van der Waals surface area contributed by atoms with Crippen LogP contribution in [0.3, 0.4) is 0 Å². The predicted octanol–water partition coefficient (Wildman–Crippen LogP) is 3.64. The van der Waals surface area contributed by atoms with E-state index in [-0.39, 0.29) is 0 Å². The molecule has 0 spiro atoms. The molecule has 0 fully saturated rings. The Balaban J connectivity index is 1.95. The molecule has 0 saturated heterocycles. The van der Waals surface area contributed by atoms with Crippen LogP contribution in [0.5, 0.6) is 0 Å². The minimum Gasteiger partial charge on any atom is -0.312 e. The van der Waals surface area contributed by atoms with Crippen molar-refractivity contribution in [3.63, 3.8) is 0 Å². The third-order valence-corrected chi connectivity index (χ3v) is 3.46. The van der Waals surface area contributed by atoms with Gasteiger partial charge in [0.1, 0.15) is 0 Å². The zero-order valence-electron chi connectivity index (χ0n) is 12.4. The highest BCUT2D eigenvalue weighted by atomic mass is 35.5. The van der Waals surface area contributed by atoms with Crippen molar-refractivity contribution < 1.29 is 0 Å². The lowest BCUT2D eigenvalue weighted by Gasteiger charge is -2.06. The van der Waals surface area contributed by atoms with Gasteiger partial charge in [0, 0.05) is 23.3 Å². The zero-order valence-corrected chi connectivity index (χ0v) is 13.1. The van der Waals surface area contributed by atoms with Crippen LogP contribution in [0.2, 0.25) is 5.02 Å². The summed E-state index contributed by atoms with van der Waals surface area (Å²) in [6.07, 6.45) is 3.99. The molecule has 2 aromatic rings. The number of hydrogen-bond acceptors (Lipinski definition) is 2. The van der Waals surface area contributed by atoms with Crippen molar-refractivity contribution in [1.82, 2.24) is 15.1 Å². The number of hydrogen-bond donors (Lipinski definition) is 1. The summed E-state index contributed by atoms with van der Waals surface area (Å²) in [5, 5.41) is 8.61.